The van der Waals surface area contributed by atoms with E-state index in [0.29, 0.717) is 11.7 Å². The molecule has 1 aromatic carbocycles. The minimum absolute atomic E-state index is 0.133. The molecule has 0 radical (unpaired) electrons. The smallest absolute Gasteiger partial charge is 0.146 e. The minimum Gasteiger partial charge on any atom is -0.369 e. The highest BCUT2D eigenvalue weighted by Gasteiger charge is 2.20. The predicted molar refractivity (Wildman–Crippen MR) is 68.4 cm³/mol. The number of anilines is 1. The Labute approximate surface area is 104 Å². The topological polar surface area (TPSA) is 15.3 Å². The lowest BCUT2D eigenvalue weighted by atomic mass is 10.0. The molecule has 0 amide bonds. The molecule has 0 atom stereocenters. The first kappa shape index (κ1) is 11.9. The Balaban J connectivity index is 2.10. The van der Waals surface area contributed by atoms with Gasteiger partial charge in [0.2, 0.25) is 0 Å². The summed E-state index contributed by atoms with van der Waals surface area (Å²) in [5.41, 5.74) is 0.712. The van der Waals surface area contributed by atoms with E-state index in [4.69, 9.17) is 0 Å². The van der Waals surface area contributed by atoms with Crippen LogP contribution in [0.2, 0.25) is 0 Å². The third kappa shape index (κ3) is 2.55. The second-order valence-electron chi connectivity index (χ2n) is 4.15. The van der Waals surface area contributed by atoms with E-state index in [9.17, 15) is 4.39 Å². The highest BCUT2D eigenvalue weighted by molar-refractivity contribution is 9.10. The molecule has 88 valence electrons. The molecule has 1 fully saturated rings. The molecule has 1 aromatic rings. The van der Waals surface area contributed by atoms with Crippen LogP contribution < -0.4 is 10.2 Å². The Morgan fingerprint density at radius 3 is 2.69 bits per heavy atom. The van der Waals surface area contributed by atoms with E-state index in [-0.39, 0.29) is 5.82 Å². The average Bonchev–Trinajstić information content (AvgIpc) is 2.32. The monoisotopic (exact) mass is 286 g/mol. The lowest BCUT2D eigenvalue weighted by molar-refractivity contribution is 0.439. The van der Waals surface area contributed by atoms with Gasteiger partial charge < -0.3 is 10.2 Å². The zero-order chi connectivity index (χ0) is 11.5. The van der Waals surface area contributed by atoms with Crippen molar-refractivity contribution in [2.75, 3.05) is 25.0 Å². The van der Waals surface area contributed by atoms with Gasteiger partial charge in [-0.05, 0) is 38.1 Å². The van der Waals surface area contributed by atoms with Gasteiger partial charge in [0, 0.05) is 23.6 Å². The summed E-state index contributed by atoms with van der Waals surface area (Å²) in [6.45, 7) is 1.83. The van der Waals surface area contributed by atoms with Crippen LogP contribution in [0.4, 0.5) is 10.1 Å². The number of piperidine rings is 1. The van der Waals surface area contributed by atoms with Gasteiger partial charge >= 0.3 is 0 Å². The van der Waals surface area contributed by atoms with E-state index in [1.807, 2.05) is 13.1 Å². The molecule has 0 saturated carbocycles. The predicted octanol–water partition coefficient (Wildman–Crippen LogP) is 2.78. The normalized spacial score (nSPS) is 17.8. The van der Waals surface area contributed by atoms with Gasteiger partial charge in [-0.2, -0.15) is 0 Å². The average molecular weight is 287 g/mol. The van der Waals surface area contributed by atoms with E-state index in [0.717, 1.165) is 30.4 Å². The Hall–Kier alpha value is -0.610. The summed E-state index contributed by atoms with van der Waals surface area (Å²) in [6.07, 6.45) is 2.14. The maximum Gasteiger partial charge on any atom is 0.146 e. The maximum absolute atomic E-state index is 13.7. The Kier molecular flexibility index (Phi) is 3.82. The number of hydrogen-bond donors (Lipinski definition) is 1. The quantitative estimate of drug-likeness (QED) is 0.899. The van der Waals surface area contributed by atoms with Crippen molar-refractivity contribution in [2.45, 2.75) is 18.9 Å². The van der Waals surface area contributed by atoms with Gasteiger partial charge in [0.1, 0.15) is 5.82 Å². The summed E-state index contributed by atoms with van der Waals surface area (Å²) >= 11 is 3.38. The first-order valence-electron chi connectivity index (χ1n) is 5.58. The largest absolute Gasteiger partial charge is 0.369 e. The van der Waals surface area contributed by atoms with Crippen LogP contribution in [-0.2, 0) is 0 Å². The SMILES string of the molecule is CNC1CCN(c2cc(Br)ccc2F)CC1. The van der Waals surface area contributed by atoms with Crippen LogP contribution in [0.25, 0.3) is 0 Å². The minimum atomic E-state index is -0.133. The molecule has 0 spiro atoms. The third-order valence-electron chi connectivity index (χ3n) is 3.15. The lowest BCUT2D eigenvalue weighted by Gasteiger charge is -2.33. The fourth-order valence-corrected chi connectivity index (χ4v) is 2.49. The Morgan fingerprint density at radius 2 is 2.06 bits per heavy atom. The van der Waals surface area contributed by atoms with Gasteiger partial charge in [-0.15, -0.1) is 0 Å². The molecule has 2 nitrogen and oxygen atoms in total. The summed E-state index contributed by atoms with van der Waals surface area (Å²) in [5.74, 6) is -0.133. The highest BCUT2D eigenvalue weighted by atomic mass is 79.9. The van der Waals surface area contributed by atoms with E-state index >= 15 is 0 Å². The first-order chi connectivity index (χ1) is 7.70. The van der Waals surface area contributed by atoms with Crippen molar-refractivity contribution in [3.05, 3.63) is 28.5 Å². The van der Waals surface area contributed by atoms with E-state index in [1.54, 1.807) is 6.07 Å². The third-order valence-corrected chi connectivity index (χ3v) is 3.65. The summed E-state index contributed by atoms with van der Waals surface area (Å²) in [4.78, 5) is 2.12. The van der Waals surface area contributed by atoms with Crippen LogP contribution in [0.15, 0.2) is 22.7 Å². The molecular weight excluding hydrogens is 271 g/mol. The molecule has 0 unspecified atom stereocenters. The van der Waals surface area contributed by atoms with Crippen molar-refractivity contribution in [1.82, 2.24) is 5.32 Å². The van der Waals surface area contributed by atoms with Gasteiger partial charge in [0.05, 0.1) is 5.69 Å². The summed E-state index contributed by atoms with van der Waals surface area (Å²) in [6, 6.07) is 5.68. The molecule has 4 heteroatoms. The molecule has 1 heterocycles. The van der Waals surface area contributed by atoms with E-state index in [1.165, 1.54) is 6.07 Å². The molecule has 1 N–H and O–H groups in total. The zero-order valence-corrected chi connectivity index (χ0v) is 10.9. The van der Waals surface area contributed by atoms with Crippen molar-refractivity contribution >= 4 is 21.6 Å². The summed E-state index contributed by atoms with van der Waals surface area (Å²) in [7, 11) is 1.99. The second-order valence-corrected chi connectivity index (χ2v) is 5.06. The van der Waals surface area contributed by atoms with Crippen LogP contribution in [0.3, 0.4) is 0 Å². The summed E-state index contributed by atoms with van der Waals surface area (Å²) < 4.78 is 14.6. The number of benzene rings is 1. The lowest BCUT2D eigenvalue weighted by Crippen LogP contribution is -2.41. The molecule has 0 aromatic heterocycles. The Bertz CT molecular complexity index is 362. The maximum atomic E-state index is 13.7. The van der Waals surface area contributed by atoms with Crippen LogP contribution in [0.1, 0.15) is 12.8 Å². The van der Waals surface area contributed by atoms with Gasteiger partial charge in [0.25, 0.3) is 0 Å². The number of rotatable bonds is 2. The number of hydrogen-bond acceptors (Lipinski definition) is 2. The number of halogens is 2. The first-order valence-corrected chi connectivity index (χ1v) is 6.37. The molecule has 1 aliphatic rings. The molecule has 0 bridgehead atoms. The summed E-state index contributed by atoms with van der Waals surface area (Å²) in [5, 5.41) is 3.27. The van der Waals surface area contributed by atoms with Crippen LogP contribution in [0.5, 0.6) is 0 Å². The fourth-order valence-electron chi connectivity index (χ4n) is 2.14. The molecule has 16 heavy (non-hydrogen) atoms. The molecular formula is C12H16BrFN2. The highest BCUT2D eigenvalue weighted by Crippen LogP contribution is 2.26. The van der Waals surface area contributed by atoms with Crippen LogP contribution in [0, 0.1) is 5.82 Å². The standard InChI is InChI=1S/C12H16BrFN2/c1-15-10-4-6-16(7-5-10)12-8-9(13)2-3-11(12)14/h2-3,8,10,15H,4-7H2,1H3. The van der Waals surface area contributed by atoms with Crippen LogP contribution >= 0.6 is 15.9 Å². The molecule has 1 saturated heterocycles. The van der Waals surface area contributed by atoms with E-state index in [2.05, 4.69) is 26.1 Å². The second kappa shape index (κ2) is 5.15. The zero-order valence-electron chi connectivity index (χ0n) is 9.34. The van der Waals surface area contributed by atoms with Crippen molar-refractivity contribution in [1.29, 1.82) is 0 Å². The van der Waals surface area contributed by atoms with Crippen LogP contribution in [-0.4, -0.2) is 26.2 Å². The van der Waals surface area contributed by atoms with Crippen molar-refractivity contribution < 1.29 is 4.39 Å². The van der Waals surface area contributed by atoms with Crippen molar-refractivity contribution in [3.63, 3.8) is 0 Å². The van der Waals surface area contributed by atoms with Crippen molar-refractivity contribution in [2.24, 2.45) is 0 Å². The van der Waals surface area contributed by atoms with Gasteiger partial charge in [-0.3, -0.25) is 0 Å². The van der Waals surface area contributed by atoms with Gasteiger partial charge in [0.15, 0.2) is 0 Å². The van der Waals surface area contributed by atoms with E-state index < -0.39 is 0 Å². The van der Waals surface area contributed by atoms with Gasteiger partial charge in [-0.25, -0.2) is 4.39 Å². The fraction of sp³-hybridized carbons (Fsp3) is 0.500. The number of nitrogens with zero attached hydrogens (tertiary/aromatic N) is 1. The molecule has 0 aliphatic carbocycles. The Morgan fingerprint density at radius 1 is 1.38 bits per heavy atom. The number of nitrogens with one attached hydrogen (secondary N) is 1. The van der Waals surface area contributed by atoms with Gasteiger partial charge in [-0.1, -0.05) is 15.9 Å². The molecule has 1 aliphatic heterocycles. The van der Waals surface area contributed by atoms with Crippen molar-refractivity contribution in [3.8, 4) is 0 Å². The molecule has 2 rings (SSSR count).